The summed E-state index contributed by atoms with van der Waals surface area (Å²) in [6.45, 7) is 6.84. The molecule has 0 aliphatic heterocycles. The molecule has 0 fully saturated rings. The van der Waals surface area contributed by atoms with Gasteiger partial charge in [0, 0.05) is 23.6 Å². The molecule has 5 heteroatoms. The maximum atomic E-state index is 5.36. The second kappa shape index (κ2) is 6.64. The Morgan fingerprint density at radius 1 is 1.05 bits per heavy atom. The minimum Gasteiger partial charge on any atom is -0.496 e. The molecular formula is C17H23N3O2. The summed E-state index contributed by atoms with van der Waals surface area (Å²) in [6, 6.07) is 9.70. The fourth-order valence-corrected chi connectivity index (χ4v) is 1.99. The van der Waals surface area contributed by atoms with E-state index in [0.29, 0.717) is 12.4 Å². The van der Waals surface area contributed by atoms with Gasteiger partial charge >= 0.3 is 0 Å². The van der Waals surface area contributed by atoms with Gasteiger partial charge in [-0.05, 0) is 6.07 Å². The highest BCUT2D eigenvalue weighted by molar-refractivity contribution is 5.42. The Hall–Kier alpha value is -2.30. The quantitative estimate of drug-likeness (QED) is 0.917. The lowest BCUT2D eigenvalue weighted by Gasteiger charge is -2.18. The van der Waals surface area contributed by atoms with Gasteiger partial charge in [0.2, 0.25) is 5.88 Å². The zero-order chi connectivity index (χ0) is 16.2. The summed E-state index contributed by atoms with van der Waals surface area (Å²) in [5.74, 6) is 2.89. The molecule has 0 aliphatic carbocycles. The Bertz CT molecular complexity index is 636. The van der Waals surface area contributed by atoms with Crippen molar-refractivity contribution in [3.05, 3.63) is 41.7 Å². The van der Waals surface area contributed by atoms with E-state index < -0.39 is 0 Å². The van der Waals surface area contributed by atoms with Crippen molar-refractivity contribution in [2.24, 2.45) is 0 Å². The van der Waals surface area contributed by atoms with Gasteiger partial charge in [0.1, 0.15) is 17.4 Å². The van der Waals surface area contributed by atoms with Gasteiger partial charge in [0.05, 0.1) is 14.2 Å². The van der Waals surface area contributed by atoms with Crippen LogP contribution >= 0.6 is 0 Å². The molecule has 1 heterocycles. The molecule has 118 valence electrons. The number of nitrogens with one attached hydrogen (secondary N) is 1. The normalized spacial score (nSPS) is 11.1. The Kier molecular flexibility index (Phi) is 4.85. The lowest BCUT2D eigenvalue weighted by Crippen LogP contribution is -2.17. The SMILES string of the molecule is COc1cc(NCc2ccccc2OC)nc(C(C)(C)C)n1. The average molecular weight is 301 g/mol. The second-order valence-corrected chi connectivity index (χ2v) is 6.03. The number of hydrogen-bond donors (Lipinski definition) is 1. The summed E-state index contributed by atoms with van der Waals surface area (Å²) in [4.78, 5) is 8.99. The van der Waals surface area contributed by atoms with Gasteiger partial charge in [0.15, 0.2) is 0 Å². The second-order valence-electron chi connectivity index (χ2n) is 6.03. The predicted octanol–water partition coefficient (Wildman–Crippen LogP) is 3.40. The van der Waals surface area contributed by atoms with Crippen LogP contribution in [0.25, 0.3) is 0 Å². The van der Waals surface area contributed by atoms with E-state index in [9.17, 15) is 0 Å². The topological polar surface area (TPSA) is 56.3 Å². The van der Waals surface area contributed by atoms with Crippen LogP contribution in [0.15, 0.2) is 30.3 Å². The van der Waals surface area contributed by atoms with Gasteiger partial charge < -0.3 is 14.8 Å². The molecule has 1 aromatic heterocycles. The van der Waals surface area contributed by atoms with Gasteiger partial charge in [-0.2, -0.15) is 4.98 Å². The van der Waals surface area contributed by atoms with Crippen LogP contribution in [0.2, 0.25) is 0 Å². The number of rotatable bonds is 5. The molecule has 0 bridgehead atoms. The van der Waals surface area contributed by atoms with Crippen molar-refractivity contribution in [3.63, 3.8) is 0 Å². The van der Waals surface area contributed by atoms with E-state index in [1.54, 1.807) is 20.3 Å². The molecule has 0 radical (unpaired) electrons. The maximum absolute atomic E-state index is 5.36. The van der Waals surface area contributed by atoms with Gasteiger partial charge in [-0.25, -0.2) is 4.98 Å². The molecule has 0 amide bonds. The smallest absolute Gasteiger partial charge is 0.218 e. The number of ether oxygens (including phenoxy) is 2. The van der Waals surface area contributed by atoms with Crippen LogP contribution in [0.4, 0.5) is 5.82 Å². The lowest BCUT2D eigenvalue weighted by molar-refractivity contribution is 0.389. The fraction of sp³-hybridized carbons (Fsp3) is 0.412. The summed E-state index contributed by atoms with van der Waals surface area (Å²) >= 11 is 0. The maximum Gasteiger partial charge on any atom is 0.218 e. The first-order chi connectivity index (χ1) is 10.4. The standard InChI is InChI=1S/C17H23N3O2/c1-17(2,3)16-19-14(10-15(20-16)22-5)18-11-12-8-6-7-9-13(12)21-4/h6-10H,11H2,1-5H3,(H,18,19,20). The molecule has 0 aliphatic rings. The Balaban J connectivity index is 2.22. The van der Waals surface area contributed by atoms with E-state index in [-0.39, 0.29) is 5.41 Å². The summed E-state index contributed by atoms with van der Waals surface area (Å²) in [5.41, 5.74) is 0.926. The first-order valence-corrected chi connectivity index (χ1v) is 7.23. The number of nitrogens with zero attached hydrogens (tertiary/aromatic N) is 2. The minimum absolute atomic E-state index is 0.143. The molecule has 0 saturated heterocycles. The van der Waals surface area contributed by atoms with Crippen LogP contribution in [-0.2, 0) is 12.0 Å². The molecule has 5 nitrogen and oxygen atoms in total. The summed E-state index contributed by atoms with van der Waals surface area (Å²) in [5, 5.41) is 3.31. The highest BCUT2D eigenvalue weighted by atomic mass is 16.5. The third-order valence-corrected chi connectivity index (χ3v) is 3.24. The lowest BCUT2D eigenvalue weighted by atomic mass is 9.96. The third kappa shape index (κ3) is 3.87. The summed E-state index contributed by atoms with van der Waals surface area (Å²) < 4.78 is 10.6. The van der Waals surface area contributed by atoms with Crippen molar-refractivity contribution in [1.29, 1.82) is 0 Å². The van der Waals surface area contributed by atoms with Crippen LogP contribution < -0.4 is 14.8 Å². The largest absolute Gasteiger partial charge is 0.496 e. The molecule has 2 rings (SSSR count). The number of aromatic nitrogens is 2. The van der Waals surface area contributed by atoms with Crippen molar-refractivity contribution >= 4 is 5.82 Å². The molecular weight excluding hydrogens is 278 g/mol. The van der Waals surface area contributed by atoms with Crippen LogP contribution in [0, 0.1) is 0 Å². The number of para-hydroxylation sites is 1. The van der Waals surface area contributed by atoms with Gasteiger partial charge in [-0.1, -0.05) is 39.0 Å². The van der Waals surface area contributed by atoms with Crippen molar-refractivity contribution < 1.29 is 9.47 Å². The van der Waals surface area contributed by atoms with Crippen LogP contribution in [0.3, 0.4) is 0 Å². The number of benzene rings is 1. The molecule has 0 unspecified atom stereocenters. The summed E-state index contributed by atoms with van der Waals surface area (Å²) in [6.07, 6.45) is 0. The van der Waals surface area contributed by atoms with Crippen molar-refractivity contribution in [1.82, 2.24) is 9.97 Å². The van der Waals surface area contributed by atoms with Gasteiger partial charge in [0.25, 0.3) is 0 Å². The van der Waals surface area contributed by atoms with E-state index in [1.807, 2.05) is 24.3 Å². The van der Waals surface area contributed by atoms with E-state index in [4.69, 9.17) is 9.47 Å². The predicted molar refractivity (Wildman–Crippen MR) is 87.6 cm³/mol. The van der Waals surface area contributed by atoms with E-state index in [1.165, 1.54) is 0 Å². The Morgan fingerprint density at radius 3 is 2.41 bits per heavy atom. The molecule has 22 heavy (non-hydrogen) atoms. The molecule has 1 aromatic carbocycles. The zero-order valence-corrected chi connectivity index (χ0v) is 13.8. The van der Waals surface area contributed by atoms with Crippen LogP contribution in [0.1, 0.15) is 32.2 Å². The molecule has 0 spiro atoms. The first-order valence-electron chi connectivity index (χ1n) is 7.23. The van der Waals surface area contributed by atoms with E-state index in [0.717, 1.165) is 23.0 Å². The number of anilines is 1. The minimum atomic E-state index is -0.143. The monoisotopic (exact) mass is 301 g/mol. The number of hydrogen-bond acceptors (Lipinski definition) is 5. The molecule has 1 N–H and O–H groups in total. The molecule has 0 saturated carbocycles. The Morgan fingerprint density at radius 2 is 1.77 bits per heavy atom. The van der Waals surface area contributed by atoms with Crippen molar-refractivity contribution in [2.45, 2.75) is 32.7 Å². The number of methoxy groups -OCH3 is 2. The highest BCUT2D eigenvalue weighted by Gasteiger charge is 2.19. The summed E-state index contributed by atoms with van der Waals surface area (Å²) in [7, 11) is 3.28. The first kappa shape index (κ1) is 16.1. The molecule has 2 aromatic rings. The van der Waals surface area contributed by atoms with Crippen molar-refractivity contribution in [3.8, 4) is 11.6 Å². The van der Waals surface area contributed by atoms with Crippen LogP contribution in [-0.4, -0.2) is 24.2 Å². The molecule has 0 atom stereocenters. The average Bonchev–Trinajstić information content (AvgIpc) is 2.52. The van der Waals surface area contributed by atoms with Crippen LogP contribution in [0.5, 0.6) is 11.6 Å². The van der Waals surface area contributed by atoms with Crippen molar-refractivity contribution in [2.75, 3.05) is 19.5 Å². The third-order valence-electron chi connectivity index (χ3n) is 3.24. The van der Waals surface area contributed by atoms with E-state index in [2.05, 4.69) is 36.1 Å². The Labute approximate surface area is 131 Å². The van der Waals surface area contributed by atoms with E-state index >= 15 is 0 Å². The van der Waals surface area contributed by atoms with Gasteiger partial charge in [-0.15, -0.1) is 0 Å². The van der Waals surface area contributed by atoms with Gasteiger partial charge in [-0.3, -0.25) is 0 Å². The fourth-order valence-electron chi connectivity index (χ4n) is 1.99. The highest BCUT2D eigenvalue weighted by Crippen LogP contribution is 2.24. The zero-order valence-electron chi connectivity index (χ0n) is 13.8.